The van der Waals surface area contributed by atoms with Crippen molar-refractivity contribution >= 4 is 17.8 Å². The number of carboxylic acid groups (broad SMARTS) is 1. The van der Waals surface area contributed by atoms with Gasteiger partial charge in [0.1, 0.15) is 0 Å². The molecule has 5 nitrogen and oxygen atoms in total. The van der Waals surface area contributed by atoms with E-state index in [1.807, 2.05) is 13.8 Å². The summed E-state index contributed by atoms with van der Waals surface area (Å²) in [4.78, 5) is 37.9. The van der Waals surface area contributed by atoms with Crippen LogP contribution in [0.1, 0.15) is 52.4 Å². The molecule has 1 aliphatic heterocycles. The van der Waals surface area contributed by atoms with Crippen molar-refractivity contribution in [1.29, 1.82) is 0 Å². The summed E-state index contributed by atoms with van der Waals surface area (Å²) in [6.07, 6.45) is 4.93. The van der Waals surface area contributed by atoms with E-state index >= 15 is 0 Å². The molecule has 0 bridgehead atoms. The fourth-order valence-corrected chi connectivity index (χ4v) is 4.31. The van der Waals surface area contributed by atoms with E-state index in [2.05, 4.69) is 0 Å². The van der Waals surface area contributed by atoms with Gasteiger partial charge in [-0.1, -0.05) is 39.5 Å². The number of amides is 2. The molecule has 1 N–H and O–H groups in total. The van der Waals surface area contributed by atoms with E-state index in [1.165, 1.54) is 4.90 Å². The van der Waals surface area contributed by atoms with Crippen molar-refractivity contribution in [2.45, 2.75) is 52.4 Å². The molecule has 0 aromatic rings. The fraction of sp³-hybridized carbons (Fsp3) is 0.812. The van der Waals surface area contributed by atoms with Crippen LogP contribution in [-0.2, 0) is 14.4 Å². The highest BCUT2D eigenvalue weighted by molar-refractivity contribution is 6.10. The molecule has 3 rings (SSSR count). The van der Waals surface area contributed by atoms with Gasteiger partial charge in [-0.05, 0) is 18.3 Å². The van der Waals surface area contributed by atoms with Gasteiger partial charge >= 0.3 is 5.97 Å². The average molecular weight is 293 g/mol. The van der Waals surface area contributed by atoms with Gasteiger partial charge in [-0.2, -0.15) is 0 Å². The summed E-state index contributed by atoms with van der Waals surface area (Å²) >= 11 is 0. The molecule has 3 fully saturated rings. The Labute approximate surface area is 124 Å². The van der Waals surface area contributed by atoms with Crippen LogP contribution in [0.4, 0.5) is 0 Å². The number of rotatable bonds is 3. The number of carbonyl (C=O) groups excluding carboxylic acids is 2. The highest BCUT2D eigenvalue weighted by atomic mass is 16.4. The van der Waals surface area contributed by atoms with Crippen LogP contribution in [0.15, 0.2) is 0 Å². The molecule has 2 unspecified atom stereocenters. The summed E-state index contributed by atoms with van der Waals surface area (Å²) in [5.41, 5.74) is -1.16. The van der Waals surface area contributed by atoms with Crippen molar-refractivity contribution in [3.8, 4) is 0 Å². The Morgan fingerprint density at radius 3 is 2.00 bits per heavy atom. The summed E-state index contributed by atoms with van der Waals surface area (Å²) in [6, 6.07) is 0. The quantitative estimate of drug-likeness (QED) is 0.638. The fourth-order valence-electron chi connectivity index (χ4n) is 4.31. The van der Waals surface area contributed by atoms with Gasteiger partial charge in [-0.25, -0.2) is 0 Å². The number of imide groups is 1. The molecule has 0 spiro atoms. The molecular formula is C16H23NO4. The number of hydrogen-bond acceptors (Lipinski definition) is 3. The van der Waals surface area contributed by atoms with E-state index in [1.54, 1.807) is 0 Å². The predicted molar refractivity (Wildman–Crippen MR) is 75.3 cm³/mol. The third kappa shape index (κ3) is 2.00. The smallest absolute Gasteiger partial charge is 0.311 e. The maximum atomic E-state index is 12.4. The second-order valence-electron chi connectivity index (χ2n) is 7.54. The summed E-state index contributed by atoms with van der Waals surface area (Å²) in [7, 11) is 0. The third-order valence-corrected chi connectivity index (χ3v) is 5.87. The van der Waals surface area contributed by atoms with Gasteiger partial charge in [-0.3, -0.25) is 19.3 Å². The van der Waals surface area contributed by atoms with Crippen molar-refractivity contribution in [2.75, 3.05) is 6.54 Å². The molecular weight excluding hydrogens is 270 g/mol. The summed E-state index contributed by atoms with van der Waals surface area (Å²) in [6.45, 7) is 3.95. The molecule has 1 saturated heterocycles. The maximum absolute atomic E-state index is 12.4. The minimum Gasteiger partial charge on any atom is -0.481 e. The van der Waals surface area contributed by atoms with E-state index in [-0.39, 0.29) is 35.6 Å². The Morgan fingerprint density at radius 1 is 1.10 bits per heavy atom. The first-order valence-corrected chi connectivity index (χ1v) is 7.90. The number of likely N-dealkylation sites (tertiary alicyclic amines) is 1. The van der Waals surface area contributed by atoms with E-state index in [0.717, 1.165) is 25.7 Å². The Morgan fingerprint density at radius 2 is 1.57 bits per heavy atom. The monoisotopic (exact) mass is 293 g/mol. The van der Waals surface area contributed by atoms with Gasteiger partial charge < -0.3 is 5.11 Å². The van der Waals surface area contributed by atoms with Gasteiger partial charge in [0.25, 0.3) is 0 Å². The lowest BCUT2D eigenvalue weighted by Crippen LogP contribution is -2.47. The topological polar surface area (TPSA) is 74.7 Å². The van der Waals surface area contributed by atoms with Crippen LogP contribution < -0.4 is 0 Å². The molecule has 0 aromatic heterocycles. The van der Waals surface area contributed by atoms with Crippen molar-refractivity contribution < 1.29 is 19.5 Å². The highest BCUT2D eigenvalue weighted by Gasteiger charge is 2.72. The van der Waals surface area contributed by atoms with Crippen LogP contribution in [0.3, 0.4) is 0 Å². The number of fused-ring (bicyclic) bond motifs is 1. The first kappa shape index (κ1) is 14.5. The summed E-state index contributed by atoms with van der Waals surface area (Å²) in [5.74, 6) is -1.60. The van der Waals surface area contributed by atoms with Gasteiger partial charge in [0.2, 0.25) is 11.8 Å². The predicted octanol–water partition coefficient (Wildman–Crippen LogP) is 2.05. The number of nitrogens with zero attached hydrogens (tertiary/aromatic N) is 1. The van der Waals surface area contributed by atoms with Crippen LogP contribution in [0.2, 0.25) is 0 Å². The van der Waals surface area contributed by atoms with E-state index in [9.17, 15) is 19.5 Å². The summed E-state index contributed by atoms with van der Waals surface area (Å²) < 4.78 is 0. The standard InChI is InChI=1S/C16H23NO4/c1-15(2)10-11(15)13(19)17(12(10)18)9-16(14(20)21)7-5-3-4-6-8-16/h10-11H,3-9H2,1-2H3,(H,20,21). The van der Waals surface area contributed by atoms with Gasteiger partial charge in [0.05, 0.1) is 17.3 Å². The lowest BCUT2D eigenvalue weighted by molar-refractivity contribution is -0.155. The van der Waals surface area contributed by atoms with E-state index < -0.39 is 11.4 Å². The number of piperidine rings is 1. The first-order valence-electron chi connectivity index (χ1n) is 7.90. The number of carboxylic acids is 1. The molecule has 116 valence electrons. The van der Waals surface area contributed by atoms with Crippen LogP contribution in [0, 0.1) is 22.7 Å². The van der Waals surface area contributed by atoms with Crippen LogP contribution >= 0.6 is 0 Å². The molecule has 2 aliphatic carbocycles. The number of carbonyl (C=O) groups is 3. The third-order valence-electron chi connectivity index (χ3n) is 5.87. The Hall–Kier alpha value is -1.39. The average Bonchev–Trinajstić information content (AvgIpc) is 2.98. The highest BCUT2D eigenvalue weighted by Crippen LogP contribution is 2.63. The van der Waals surface area contributed by atoms with Gasteiger partial charge in [-0.15, -0.1) is 0 Å². The van der Waals surface area contributed by atoms with Crippen LogP contribution in [0.5, 0.6) is 0 Å². The molecule has 2 amide bonds. The number of hydrogen-bond donors (Lipinski definition) is 1. The Bertz CT molecular complexity index is 478. The van der Waals surface area contributed by atoms with E-state index in [0.29, 0.717) is 12.8 Å². The SMILES string of the molecule is CC1(C)C2C(=O)N(CC3(C(=O)O)CCCCCC3)C(=O)C21. The largest absolute Gasteiger partial charge is 0.481 e. The normalized spacial score (nSPS) is 33.5. The van der Waals surface area contributed by atoms with Crippen molar-refractivity contribution in [3.63, 3.8) is 0 Å². The molecule has 2 saturated carbocycles. The van der Waals surface area contributed by atoms with Gasteiger partial charge in [0.15, 0.2) is 0 Å². The molecule has 5 heteroatoms. The second kappa shape index (κ2) is 4.55. The zero-order valence-corrected chi connectivity index (χ0v) is 12.7. The molecule has 2 atom stereocenters. The van der Waals surface area contributed by atoms with Crippen molar-refractivity contribution in [2.24, 2.45) is 22.7 Å². The second-order valence-corrected chi connectivity index (χ2v) is 7.54. The summed E-state index contributed by atoms with van der Waals surface area (Å²) in [5, 5.41) is 9.68. The zero-order valence-electron chi connectivity index (χ0n) is 12.7. The Kier molecular flexibility index (Phi) is 3.15. The lowest BCUT2D eigenvalue weighted by Gasteiger charge is -2.33. The zero-order chi connectivity index (χ0) is 15.4. The molecule has 0 aromatic carbocycles. The van der Waals surface area contributed by atoms with Crippen molar-refractivity contribution in [1.82, 2.24) is 4.90 Å². The Balaban J connectivity index is 1.80. The molecule has 3 aliphatic rings. The first-order chi connectivity index (χ1) is 9.81. The maximum Gasteiger partial charge on any atom is 0.311 e. The minimum atomic E-state index is -0.928. The van der Waals surface area contributed by atoms with Gasteiger partial charge in [0, 0.05) is 6.54 Å². The lowest BCUT2D eigenvalue weighted by atomic mass is 9.79. The van der Waals surface area contributed by atoms with Crippen LogP contribution in [0.25, 0.3) is 0 Å². The molecule has 0 radical (unpaired) electrons. The minimum absolute atomic E-state index is 0.0725. The number of aliphatic carboxylic acids is 1. The van der Waals surface area contributed by atoms with Crippen LogP contribution in [-0.4, -0.2) is 34.3 Å². The van der Waals surface area contributed by atoms with Crippen molar-refractivity contribution in [3.05, 3.63) is 0 Å². The molecule has 1 heterocycles. The van der Waals surface area contributed by atoms with E-state index in [4.69, 9.17) is 0 Å². The molecule has 21 heavy (non-hydrogen) atoms.